The predicted octanol–water partition coefficient (Wildman–Crippen LogP) is 0.795. The molecule has 1 atom stereocenters. The number of carbonyl (C=O) groups is 1. The Morgan fingerprint density at radius 1 is 1.33 bits per heavy atom. The first-order valence-electron chi connectivity index (χ1n) is 5.98. The van der Waals surface area contributed by atoms with Crippen molar-refractivity contribution in [2.24, 2.45) is 0 Å². The van der Waals surface area contributed by atoms with Crippen LogP contribution in [0.3, 0.4) is 0 Å². The molecular weight excluding hydrogens is 232 g/mol. The summed E-state index contributed by atoms with van der Waals surface area (Å²) in [5.74, 6) is 1.11. The van der Waals surface area contributed by atoms with Gasteiger partial charge in [-0.15, -0.1) is 0 Å². The molecule has 0 spiro atoms. The fourth-order valence-electron chi connectivity index (χ4n) is 2.02. The van der Waals surface area contributed by atoms with Crippen molar-refractivity contribution in [1.82, 2.24) is 10.6 Å². The van der Waals surface area contributed by atoms with Crippen LogP contribution in [0.4, 0.5) is 0 Å². The molecule has 2 N–H and O–H groups in total. The van der Waals surface area contributed by atoms with Crippen molar-refractivity contribution in [1.29, 1.82) is 0 Å². The van der Waals surface area contributed by atoms with Crippen molar-refractivity contribution in [2.75, 3.05) is 27.3 Å². The number of carbonyl (C=O) groups excluding carboxylic acids is 1. The van der Waals surface area contributed by atoms with Gasteiger partial charge in [-0.1, -0.05) is 0 Å². The zero-order chi connectivity index (χ0) is 13.0. The molecule has 1 heterocycles. The first-order chi connectivity index (χ1) is 8.74. The Kier molecular flexibility index (Phi) is 4.04. The molecule has 2 rings (SSSR count). The number of methoxy groups -OCH3 is 2. The van der Waals surface area contributed by atoms with Crippen molar-refractivity contribution < 1.29 is 14.3 Å². The molecule has 1 aromatic carbocycles. The lowest BCUT2D eigenvalue weighted by atomic mass is 10.1. The highest BCUT2D eigenvalue weighted by Crippen LogP contribution is 2.27. The molecule has 98 valence electrons. The van der Waals surface area contributed by atoms with Crippen molar-refractivity contribution in [3.63, 3.8) is 0 Å². The Morgan fingerprint density at radius 3 is 2.72 bits per heavy atom. The van der Waals surface area contributed by atoms with E-state index in [0.29, 0.717) is 17.1 Å². The van der Waals surface area contributed by atoms with E-state index in [1.807, 2.05) is 0 Å². The summed E-state index contributed by atoms with van der Waals surface area (Å²) in [5, 5.41) is 6.20. The maximum absolute atomic E-state index is 12.0. The van der Waals surface area contributed by atoms with Crippen molar-refractivity contribution in [2.45, 2.75) is 12.5 Å². The highest BCUT2D eigenvalue weighted by molar-refractivity contribution is 5.95. The van der Waals surface area contributed by atoms with Gasteiger partial charge in [0.1, 0.15) is 0 Å². The van der Waals surface area contributed by atoms with Crippen LogP contribution in [0.25, 0.3) is 0 Å². The van der Waals surface area contributed by atoms with Crippen LogP contribution >= 0.6 is 0 Å². The van der Waals surface area contributed by atoms with E-state index in [9.17, 15) is 4.79 Å². The van der Waals surface area contributed by atoms with Crippen molar-refractivity contribution in [3.8, 4) is 11.5 Å². The third-order valence-corrected chi connectivity index (χ3v) is 3.04. The molecule has 1 amide bonds. The number of ether oxygens (including phenoxy) is 2. The van der Waals surface area contributed by atoms with Gasteiger partial charge in [0.05, 0.1) is 14.2 Å². The van der Waals surface area contributed by atoms with Crippen molar-refractivity contribution >= 4 is 5.91 Å². The molecule has 0 saturated carbocycles. The van der Waals surface area contributed by atoms with Gasteiger partial charge in [0.15, 0.2) is 11.5 Å². The molecule has 18 heavy (non-hydrogen) atoms. The number of hydrogen-bond donors (Lipinski definition) is 2. The van der Waals surface area contributed by atoms with Gasteiger partial charge in [-0.2, -0.15) is 0 Å². The summed E-state index contributed by atoms with van der Waals surface area (Å²) in [6.07, 6.45) is 0.971. The Balaban J connectivity index is 2.09. The average Bonchev–Trinajstić information content (AvgIpc) is 2.90. The monoisotopic (exact) mass is 250 g/mol. The summed E-state index contributed by atoms with van der Waals surface area (Å²) in [4.78, 5) is 12.0. The first-order valence-corrected chi connectivity index (χ1v) is 5.98. The van der Waals surface area contributed by atoms with Crippen LogP contribution in [0.5, 0.6) is 11.5 Å². The minimum absolute atomic E-state index is 0.0790. The Morgan fingerprint density at radius 2 is 2.11 bits per heavy atom. The van der Waals surface area contributed by atoms with Gasteiger partial charge in [0.2, 0.25) is 0 Å². The minimum atomic E-state index is -0.0790. The maximum Gasteiger partial charge on any atom is 0.251 e. The van der Waals surface area contributed by atoms with Gasteiger partial charge in [-0.25, -0.2) is 0 Å². The molecule has 1 aliphatic heterocycles. The van der Waals surface area contributed by atoms with Gasteiger partial charge in [0, 0.05) is 18.2 Å². The van der Waals surface area contributed by atoms with Crippen LogP contribution < -0.4 is 20.1 Å². The van der Waals surface area contributed by atoms with E-state index in [-0.39, 0.29) is 11.9 Å². The summed E-state index contributed by atoms with van der Waals surface area (Å²) in [5.41, 5.74) is 0.583. The van der Waals surface area contributed by atoms with Gasteiger partial charge in [-0.3, -0.25) is 4.79 Å². The van der Waals surface area contributed by atoms with Crippen LogP contribution in [0, 0.1) is 0 Å². The lowest BCUT2D eigenvalue weighted by Gasteiger charge is -2.13. The first kappa shape index (κ1) is 12.7. The molecule has 5 heteroatoms. The van der Waals surface area contributed by atoms with Crippen LogP contribution in [-0.4, -0.2) is 39.3 Å². The van der Waals surface area contributed by atoms with Crippen LogP contribution in [0.2, 0.25) is 0 Å². The highest BCUT2D eigenvalue weighted by Gasteiger charge is 2.18. The summed E-state index contributed by atoms with van der Waals surface area (Å²) >= 11 is 0. The Bertz CT molecular complexity index is 428. The van der Waals surface area contributed by atoms with E-state index in [2.05, 4.69) is 10.6 Å². The SMILES string of the molecule is COc1ccc(C(=O)NC2CCNC2)cc1OC. The Hall–Kier alpha value is -1.75. The fraction of sp³-hybridized carbons (Fsp3) is 0.462. The molecular formula is C13H18N2O3. The molecule has 0 radical (unpaired) electrons. The van der Waals surface area contributed by atoms with E-state index < -0.39 is 0 Å². The number of benzene rings is 1. The van der Waals surface area contributed by atoms with Gasteiger partial charge < -0.3 is 20.1 Å². The molecule has 1 fully saturated rings. The van der Waals surface area contributed by atoms with E-state index in [0.717, 1.165) is 19.5 Å². The van der Waals surface area contributed by atoms with E-state index in [1.165, 1.54) is 0 Å². The predicted molar refractivity (Wildman–Crippen MR) is 68.3 cm³/mol. The quantitative estimate of drug-likeness (QED) is 0.829. The van der Waals surface area contributed by atoms with Crippen LogP contribution in [0.1, 0.15) is 16.8 Å². The summed E-state index contributed by atoms with van der Waals surface area (Å²) < 4.78 is 10.3. The average molecular weight is 250 g/mol. The zero-order valence-electron chi connectivity index (χ0n) is 10.7. The highest BCUT2D eigenvalue weighted by atomic mass is 16.5. The van der Waals surface area contributed by atoms with E-state index >= 15 is 0 Å². The lowest BCUT2D eigenvalue weighted by Crippen LogP contribution is -2.36. The normalized spacial score (nSPS) is 18.4. The third-order valence-electron chi connectivity index (χ3n) is 3.04. The van der Waals surface area contributed by atoms with Gasteiger partial charge in [0.25, 0.3) is 5.91 Å². The molecule has 0 aliphatic carbocycles. The number of rotatable bonds is 4. The zero-order valence-corrected chi connectivity index (χ0v) is 10.7. The Labute approximate surface area is 106 Å². The smallest absolute Gasteiger partial charge is 0.251 e. The van der Waals surface area contributed by atoms with E-state index in [4.69, 9.17) is 9.47 Å². The van der Waals surface area contributed by atoms with E-state index in [1.54, 1.807) is 32.4 Å². The van der Waals surface area contributed by atoms with Crippen LogP contribution in [0.15, 0.2) is 18.2 Å². The van der Waals surface area contributed by atoms with Gasteiger partial charge >= 0.3 is 0 Å². The second-order valence-electron chi connectivity index (χ2n) is 4.23. The van der Waals surface area contributed by atoms with Gasteiger partial charge in [-0.05, 0) is 31.2 Å². The fourth-order valence-corrected chi connectivity index (χ4v) is 2.02. The molecule has 1 aromatic rings. The molecule has 0 bridgehead atoms. The lowest BCUT2D eigenvalue weighted by molar-refractivity contribution is 0.0939. The number of hydrogen-bond acceptors (Lipinski definition) is 4. The molecule has 1 aliphatic rings. The molecule has 1 unspecified atom stereocenters. The number of nitrogens with one attached hydrogen (secondary N) is 2. The second-order valence-corrected chi connectivity index (χ2v) is 4.23. The van der Waals surface area contributed by atoms with Crippen molar-refractivity contribution in [3.05, 3.63) is 23.8 Å². The molecule has 0 aromatic heterocycles. The summed E-state index contributed by atoms with van der Waals surface area (Å²) in [7, 11) is 3.13. The standard InChI is InChI=1S/C13H18N2O3/c1-17-11-4-3-9(7-12(11)18-2)13(16)15-10-5-6-14-8-10/h3-4,7,10,14H,5-6,8H2,1-2H3,(H,15,16). The second kappa shape index (κ2) is 5.73. The number of amides is 1. The third kappa shape index (κ3) is 2.73. The minimum Gasteiger partial charge on any atom is -0.493 e. The molecule has 1 saturated heterocycles. The maximum atomic E-state index is 12.0. The summed E-state index contributed by atoms with van der Waals surface area (Å²) in [6.45, 7) is 1.79. The topological polar surface area (TPSA) is 59.6 Å². The molecule has 5 nitrogen and oxygen atoms in total. The summed E-state index contributed by atoms with van der Waals surface area (Å²) in [6, 6.07) is 5.38. The van der Waals surface area contributed by atoms with Crippen LogP contribution in [-0.2, 0) is 0 Å². The largest absolute Gasteiger partial charge is 0.493 e.